The van der Waals surface area contributed by atoms with E-state index < -0.39 is 5.82 Å². The van der Waals surface area contributed by atoms with Gasteiger partial charge in [-0.05, 0) is 30.5 Å². The summed E-state index contributed by atoms with van der Waals surface area (Å²) in [6.07, 6.45) is 0.683. The molecule has 1 atom stereocenters. The van der Waals surface area contributed by atoms with Gasteiger partial charge in [0.2, 0.25) is 0 Å². The van der Waals surface area contributed by atoms with Gasteiger partial charge in [0, 0.05) is 18.0 Å². The first-order valence-corrected chi connectivity index (χ1v) is 6.02. The summed E-state index contributed by atoms with van der Waals surface area (Å²) in [5.74, 6) is -0.571. The van der Waals surface area contributed by atoms with Crippen LogP contribution in [0.15, 0.2) is 18.2 Å². The van der Waals surface area contributed by atoms with Crippen molar-refractivity contribution in [3.8, 4) is 0 Å². The van der Waals surface area contributed by atoms with Gasteiger partial charge >= 0.3 is 0 Å². The maximum Gasteiger partial charge on any atom is 0.168 e. The Bertz CT molecular complexity index is 406. The van der Waals surface area contributed by atoms with Crippen molar-refractivity contribution in [2.75, 3.05) is 6.54 Å². The molecule has 0 saturated heterocycles. The number of Topliss-reactive ketones (excluding diaryl/α,β-unsaturated/α-hetero) is 1. The number of halogens is 2. The zero-order chi connectivity index (χ0) is 13.0. The average molecular weight is 258 g/mol. The molecule has 0 radical (unpaired) electrons. The Hall–Kier alpha value is -0.930. The Morgan fingerprint density at radius 2 is 2.12 bits per heavy atom. The Morgan fingerprint density at radius 1 is 1.47 bits per heavy atom. The molecule has 1 aromatic carbocycles. The predicted molar refractivity (Wildman–Crippen MR) is 67.7 cm³/mol. The highest BCUT2D eigenvalue weighted by atomic mass is 35.5. The van der Waals surface area contributed by atoms with E-state index in [1.807, 2.05) is 13.8 Å². The normalized spacial score (nSPS) is 12.8. The van der Waals surface area contributed by atoms with Gasteiger partial charge in [0.15, 0.2) is 5.78 Å². The number of carbonyl (C=O) groups is 1. The monoisotopic (exact) mass is 257 g/mol. The van der Waals surface area contributed by atoms with E-state index in [0.29, 0.717) is 12.3 Å². The molecule has 0 spiro atoms. The molecule has 0 aliphatic carbocycles. The highest BCUT2D eigenvalue weighted by Gasteiger charge is 2.22. The summed E-state index contributed by atoms with van der Waals surface area (Å²) in [6, 6.07) is 3.81. The summed E-state index contributed by atoms with van der Waals surface area (Å²) in [7, 11) is 0. The lowest BCUT2D eigenvalue weighted by atomic mass is 9.90. The zero-order valence-electron chi connectivity index (χ0n) is 10.0. The Labute approximate surface area is 106 Å². The Morgan fingerprint density at radius 3 is 2.65 bits per heavy atom. The van der Waals surface area contributed by atoms with Gasteiger partial charge in [-0.25, -0.2) is 4.39 Å². The van der Waals surface area contributed by atoms with E-state index in [2.05, 4.69) is 0 Å². The van der Waals surface area contributed by atoms with Crippen LogP contribution < -0.4 is 5.73 Å². The fraction of sp³-hybridized carbons (Fsp3) is 0.462. The number of nitrogens with two attached hydrogens (primary N) is 1. The van der Waals surface area contributed by atoms with E-state index in [1.165, 1.54) is 18.2 Å². The highest BCUT2D eigenvalue weighted by molar-refractivity contribution is 6.34. The van der Waals surface area contributed by atoms with Crippen LogP contribution >= 0.6 is 11.6 Å². The molecule has 0 aliphatic heterocycles. The van der Waals surface area contributed by atoms with E-state index >= 15 is 0 Å². The van der Waals surface area contributed by atoms with Crippen molar-refractivity contribution < 1.29 is 9.18 Å². The van der Waals surface area contributed by atoms with Crippen LogP contribution in [0.3, 0.4) is 0 Å². The minimum absolute atomic E-state index is 0.175. The Kier molecular flexibility index (Phi) is 5.09. The van der Waals surface area contributed by atoms with Crippen molar-refractivity contribution >= 4 is 17.4 Å². The van der Waals surface area contributed by atoms with Crippen LogP contribution in [0, 0.1) is 17.7 Å². The lowest BCUT2D eigenvalue weighted by Crippen LogP contribution is -2.25. The molecule has 94 valence electrons. The maximum atomic E-state index is 13.1. The lowest BCUT2D eigenvalue weighted by Gasteiger charge is -2.16. The number of hydrogen-bond acceptors (Lipinski definition) is 2. The van der Waals surface area contributed by atoms with Gasteiger partial charge in [-0.2, -0.15) is 0 Å². The molecule has 0 aromatic heterocycles. The van der Waals surface area contributed by atoms with Crippen LogP contribution in [-0.2, 0) is 0 Å². The molecule has 0 fully saturated rings. The van der Waals surface area contributed by atoms with Crippen molar-refractivity contribution in [2.45, 2.75) is 20.3 Å². The van der Waals surface area contributed by atoms with Crippen molar-refractivity contribution in [3.05, 3.63) is 34.6 Å². The first kappa shape index (κ1) is 14.1. The van der Waals surface area contributed by atoms with Gasteiger partial charge in [0.05, 0.1) is 5.02 Å². The van der Waals surface area contributed by atoms with Gasteiger partial charge in [-0.15, -0.1) is 0 Å². The summed E-state index contributed by atoms with van der Waals surface area (Å²) in [6.45, 7) is 4.29. The third kappa shape index (κ3) is 3.79. The molecule has 4 heteroatoms. The molecule has 1 rings (SSSR count). The van der Waals surface area contributed by atoms with E-state index in [1.54, 1.807) is 0 Å². The van der Waals surface area contributed by atoms with Gasteiger partial charge in [0.1, 0.15) is 5.82 Å². The predicted octanol–water partition coefficient (Wildman–Crippen LogP) is 3.28. The summed E-state index contributed by atoms with van der Waals surface area (Å²) in [5, 5.41) is 0.276. The van der Waals surface area contributed by atoms with E-state index in [0.717, 1.165) is 0 Å². The summed E-state index contributed by atoms with van der Waals surface area (Å²) < 4.78 is 13.1. The average Bonchev–Trinajstić information content (AvgIpc) is 2.28. The van der Waals surface area contributed by atoms with Crippen LogP contribution in [0.2, 0.25) is 5.02 Å². The van der Waals surface area contributed by atoms with Gasteiger partial charge in [-0.3, -0.25) is 4.79 Å². The fourth-order valence-electron chi connectivity index (χ4n) is 1.79. The highest BCUT2D eigenvalue weighted by Crippen LogP contribution is 2.23. The molecule has 2 nitrogen and oxygen atoms in total. The molecule has 1 unspecified atom stereocenters. The molecule has 17 heavy (non-hydrogen) atoms. The number of rotatable bonds is 5. The lowest BCUT2D eigenvalue weighted by molar-refractivity contribution is 0.0908. The quantitative estimate of drug-likeness (QED) is 0.823. The van der Waals surface area contributed by atoms with Crippen LogP contribution in [0.25, 0.3) is 0 Å². The molecule has 2 N–H and O–H groups in total. The standard InChI is InChI=1S/C13H17ClFNO/c1-8(2)5-9(7-16)13(17)11-6-10(15)3-4-12(11)14/h3-4,6,8-9H,5,7,16H2,1-2H3. The molecular formula is C13H17ClFNO. The second-order valence-corrected chi connectivity index (χ2v) is 4.96. The zero-order valence-corrected chi connectivity index (χ0v) is 10.8. The first-order valence-electron chi connectivity index (χ1n) is 5.65. The first-order chi connectivity index (χ1) is 7.95. The summed E-state index contributed by atoms with van der Waals surface area (Å²) in [4.78, 5) is 12.2. The summed E-state index contributed by atoms with van der Waals surface area (Å²) >= 11 is 5.90. The maximum absolute atomic E-state index is 13.1. The van der Waals surface area contributed by atoms with Crippen molar-refractivity contribution in [2.24, 2.45) is 17.6 Å². The number of benzene rings is 1. The van der Waals surface area contributed by atoms with Crippen LogP contribution in [0.5, 0.6) is 0 Å². The Balaban J connectivity index is 2.97. The number of carbonyl (C=O) groups excluding carboxylic acids is 1. The van der Waals surface area contributed by atoms with Crippen LogP contribution in [0.4, 0.5) is 4.39 Å². The third-order valence-electron chi connectivity index (χ3n) is 2.61. The van der Waals surface area contributed by atoms with Crippen molar-refractivity contribution in [3.63, 3.8) is 0 Å². The van der Waals surface area contributed by atoms with Gasteiger partial charge < -0.3 is 5.73 Å². The summed E-state index contributed by atoms with van der Waals surface area (Å²) in [5.41, 5.74) is 5.81. The van der Waals surface area contributed by atoms with E-state index in [9.17, 15) is 9.18 Å². The second-order valence-electron chi connectivity index (χ2n) is 4.55. The van der Waals surface area contributed by atoms with Gasteiger partial charge in [0.25, 0.3) is 0 Å². The minimum atomic E-state index is -0.460. The SMILES string of the molecule is CC(C)CC(CN)C(=O)c1cc(F)ccc1Cl. The molecule has 0 aliphatic rings. The largest absolute Gasteiger partial charge is 0.330 e. The molecular weight excluding hydrogens is 241 g/mol. The van der Waals surface area contributed by atoms with Crippen molar-refractivity contribution in [1.82, 2.24) is 0 Å². The second kappa shape index (κ2) is 6.12. The third-order valence-corrected chi connectivity index (χ3v) is 2.93. The fourth-order valence-corrected chi connectivity index (χ4v) is 2.00. The minimum Gasteiger partial charge on any atom is -0.330 e. The van der Waals surface area contributed by atoms with Gasteiger partial charge in [-0.1, -0.05) is 25.4 Å². The van der Waals surface area contributed by atoms with E-state index in [-0.39, 0.29) is 28.8 Å². The van der Waals surface area contributed by atoms with Crippen LogP contribution in [-0.4, -0.2) is 12.3 Å². The molecule has 0 saturated carbocycles. The smallest absolute Gasteiger partial charge is 0.168 e. The van der Waals surface area contributed by atoms with Crippen molar-refractivity contribution in [1.29, 1.82) is 0 Å². The molecule has 0 bridgehead atoms. The topological polar surface area (TPSA) is 43.1 Å². The van der Waals surface area contributed by atoms with Crippen LogP contribution in [0.1, 0.15) is 30.6 Å². The number of ketones is 1. The molecule has 0 heterocycles. The van der Waals surface area contributed by atoms with E-state index in [4.69, 9.17) is 17.3 Å². The molecule has 1 aromatic rings. The number of hydrogen-bond donors (Lipinski definition) is 1. The molecule has 0 amide bonds.